The van der Waals surface area contributed by atoms with E-state index in [-0.39, 0.29) is 0 Å². The molecule has 1 aromatic heterocycles. The number of hydrogen-bond donors (Lipinski definition) is 1. The van der Waals surface area contributed by atoms with E-state index >= 15 is 0 Å². The topological polar surface area (TPSA) is 48.1 Å². The van der Waals surface area contributed by atoms with Gasteiger partial charge in [0.25, 0.3) is 0 Å². The standard InChI is InChI=1S/C17H18N2OS/c1-12-19-10-14(21-12)11-20-17-7-6-13-4-2-3-5-15(13)16(17)8-9-18/h2-7,10H,8-9,11,18H2,1H3. The Morgan fingerprint density at radius 2 is 2.05 bits per heavy atom. The lowest BCUT2D eigenvalue weighted by Gasteiger charge is -2.13. The molecule has 0 aliphatic heterocycles. The monoisotopic (exact) mass is 298 g/mol. The van der Waals surface area contributed by atoms with Gasteiger partial charge in [0.2, 0.25) is 0 Å². The summed E-state index contributed by atoms with van der Waals surface area (Å²) in [4.78, 5) is 5.39. The largest absolute Gasteiger partial charge is 0.488 e. The van der Waals surface area contributed by atoms with Crippen molar-refractivity contribution in [1.29, 1.82) is 0 Å². The molecule has 0 spiro atoms. The van der Waals surface area contributed by atoms with Crippen molar-refractivity contribution in [2.45, 2.75) is 20.0 Å². The van der Waals surface area contributed by atoms with Crippen LogP contribution in [0.2, 0.25) is 0 Å². The molecular formula is C17H18N2OS. The highest BCUT2D eigenvalue weighted by atomic mass is 32.1. The first-order chi connectivity index (χ1) is 10.3. The lowest BCUT2D eigenvalue weighted by molar-refractivity contribution is 0.307. The average Bonchev–Trinajstić information content (AvgIpc) is 2.92. The maximum Gasteiger partial charge on any atom is 0.124 e. The smallest absolute Gasteiger partial charge is 0.124 e. The van der Waals surface area contributed by atoms with Crippen molar-refractivity contribution in [2.24, 2.45) is 5.73 Å². The molecule has 3 aromatic rings. The lowest BCUT2D eigenvalue weighted by atomic mass is 10.0. The minimum atomic E-state index is 0.557. The van der Waals surface area contributed by atoms with Crippen LogP contribution in [0.5, 0.6) is 5.75 Å². The van der Waals surface area contributed by atoms with Gasteiger partial charge in [0.05, 0.1) is 9.88 Å². The van der Waals surface area contributed by atoms with E-state index in [1.54, 1.807) is 11.3 Å². The number of ether oxygens (including phenoxy) is 1. The maximum atomic E-state index is 6.01. The van der Waals surface area contributed by atoms with Crippen LogP contribution < -0.4 is 10.5 Å². The first-order valence-corrected chi connectivity index (χ1v) is 7.84. The Bertz CT molecular complexity index is 751. The average molecular weight is 298 g/mol. The summed E-state index contributed by atoms with van der Waals surface area (Å²) in [7, 11) is 0. The molecule has 0 fully saturated rings. The van der Waals surface area contributed by atoms with Crippen LogP contribution in [0.1, 0.15) is 15.4 Å². The highest BCUT2D eigenvalue weighted by Crippen LogP contribution is 2.29. The van der Waals surface area contributed by atoms with Gasteiger partial charge in [0.15, 0.2) is 0 Å². The minimum Gasteiger partial charge on any atom is -0.488 e. The zero-order valence-corrected chi connectivity index (χ0v) is 12.8. The minimum absolute atomic E-state index is 0.557. The summed E-state index contributed by atoms with van der Waals surface area (Å²) in [6, 6.07) is 12.5. The van der Waals surface area contributed by atoms with Gasteiger partial charge >= 0.3 is 0 Å². The van der Waals surface area contributed by atoms with Gasteiger partial charge in [0, 0.05) is 11.8 Å². The van der Waals surface area contributed by atoms with Crippen molar-refractivity contribution in [1.82, 2.24) is 4.98 Å². The number of benzene rings is 2. The number of thiazole rings is 1. The molecular weight excluding hydrogens is 280 g/mol. The van der Waals surface area contributed by atoms with E-state index in [1.165, 1.54) is 16.3 Å². The van der Waals surface area contributed by atoms with Crippen LogP contribution in [0.4, 0.5) is 0 Å². The van der Waals surface area contributed by atoms with Crippen LogP contribution in [0.3, 0.4) is 0 Å². The Balaban J connectivity index is 1.91. The molecule has 0 bridgehead atoms. The molecule has 2 aromatic carbocycles. The predicted molar refractivity (Wildman–Crippen MR) is 87.9 cm³/mol. The molecule has 0 atom stereocenters. The first-order valence-electron chi connectivity index (χ1n) is 7.02. The Hall–Kier alpha value is -1.91. The van der Waals surface area contributed by atoms with E-state index < -0.39 is 0 Å². The third-order valence-corrected chi connectivity index (χ3v) is 4.32. The molecule has 4 heteroatoms. The number of nitrogens with zero attached hydrogens (tertiary/aromatic N) is 1. The Morgan fingerprint density at radius 3 is 2.81 bits per heavy atom. The van der Waals surface area contributed by atoms with Crippen molar-refractivity contribution in [3.63, 3.8) is 0 Å². The van der Waals surface area contributed by atoms with Gasteiger partial charge in [-0.05, 0) is 36.7 Å². The summed E-state index contributed by atoms with van der Waals surface area (Å²) in [5.41, 5.74) is 6.96. The van der Waals surface area contributed by atoms with Gasteiger partial charge in [-0.15, -0.1) is 11.3 Å². The molecule has 0 aliphatic rings. The summed E-state index contributed by atoms with van der Waals surface area (Å²) in [6.07, 6.45) is 2.70. The fourth-order valence-corrected chi connectivity index (χ4v) is 3.18. The van der Waals surface area contributed by atoms with E-state index in [2.05, 4.69) is 35.3 Å². The van der Waals surface area contributed by atoms with Crippen LogP contribution in [0, 0.1) is 6.92 Å². The van der Waals surface area contributed by atoms with E-state index in [1.807, 2.05) is 19.2 Å². The maximum absolute atomic E-state index is 6.01. The van der Waals surface area contributed by atoms with Gasteiger partial charge in [-0.1, -0.05) is 30.3 Å². The quantitative estimate of drug-likeness (QED) is 0.781. The molecule has 21 heavy (non-hydrogen) atoms. The van der Waals surface area contributed by atoms with Gasteiger partial charge in [-0.3, -0.25) is 0 Å². The van der Waals surface area contributed by atoms with Crippen LogP contribution >= 0.6 is 11.3 Å². The summed E-state index contributed by atoms with van der Waals surface area (Å²) in [6.45, 7) is 3.18. The van der Waals surface area contributed by atoms with Crippen molar-refractivity contribution in [3.05, 3.63) is 58.0 Å². The van der Waals surface area contributed by atoms with Crippen LogP contribution in [-0.4, -0.2) is 11.5 Å². The van der Waals surface area contributed by atoms with Gasteiger partial charge in [-0.2, -0.15) is 0 Å². The second-order valence-corrected chi connectivity index (χ2v) is 6.26. The van der Waals surface area contributed by atoms with Crippen molar-refractivity contribution in [3.8, 4) is 5.75 Å². The SMILES string of the molecule is Cc1ncc(COc2ccc3ccccc3c2CCN)s1. The summed E-state index contributed by atoms with van der Waals surface area (Å²) in [5.74, 6) is 0.921. The molecule has 1 heterocycles. The van der Waals surface area contributed by atoms with Crippen LogP contribution in [-0.2, 0) is 13.0 Å². The van der Waals surface area contributed by atoms with E-state index in [4.69, 9.17) is 10.5 Å². The second kappa shape index (κ2) is 6.24. The van der Waals surface area contributed by atoms with Crippen LogP contribution in [0.15, 0.2) is 42.6 Å². The Kier molecular flexibility index (Phi) is 4.18. The van der Waals surface area contributed by atoms with E-state index in [9.17, 15) is 0 Å². The first kappa shape index (κ1) is 14.0. The normalized spacial score (nSPS) is 11.0. The number of fused-ring (bicyclic) bond motifs is 1. The highest BCUT2D eigenvalue weighted by Gasteiger charge is 2.09. The summed E-state index contributed by atoms with van der Waals surface area (Å²) in [5, 5.41) is 3.51. The van der Waals surface area contributed by atoms with Crippen LogP contribution in [0.25, 0.3) is 10.8 Å². The van der Waals surface area contributed by atoms with Gasteiger partial charge < -0.3 is 10.5 Å². The molecule has 0 unspecified atom stereocenters. The lowest BCUT2D eigenvalue weighted by Crippen LogP contribution is -2.06. The molecule has 108 valence electrons. The molecule has 0 aliphatic carbocycles. The van der Waals surface area contributed by atoms with Gasteiger partial charge in [0.1, 0.15) is 12.4 Å². The molecule has 0 saturated heterocycles. The van der Waals surface area contributed by atoms with Crippen molar-refractivity contribution >= 4 is 22.1 Å². The fourth-order valence-electron chi connectivity index (χ4n) is 2.47. The molecule has 3 nitrogen and oxygen atoms in total. The molecule has 2 N–H and O–H groups in total. The number of hydrogen-bond acceptors (Lipinski definition) is 4. The predicted octanol–water partition coefficient (Wildman–Crippen LogP) is 3.68. The number of nitrogens with two attached hydrogens (primary N) is 1. The second-order valence-electron chi connectivity index (χ2n) is 4.94. The molecule has 0 radical (unpaired) electrons. The number of aryl methyl sites for hydroxylation is 1. The summed E-state index contributed by atoms with van der Waals surface area (Å²) >= 11 is 1.67. The van der Waals surface area contributed by atoms with E-state index in [0.717, 1.165) is 22.1 Å². The third-order valence-electron chi connectivity index (χ3n) is 3.43. The van der Waals surface area contributed by atoms with E-state index in [0.29, 0.717) is 13.2 Å². The molecule has 0 saturated carbocycles. The zero-order chi connectivity index (χ0) is 14.7. The highest BCUT2D eigenvalue weighted by molar-refractivity contribution is 7.11. The zero-order valence-electron chi connectivity index (χ0n) is 12.0. The van der Waals surface area contributed by atoms with Gasteiger partial charge in [-0.25, -0.2) is 4.98 Å². The Morgan fingerprint density at radius 1 is 1.19 bits per heavy atom. The molecule has 0 amide bonds. The molecule has 3 rings (SSSR count). The fraction of sp³-hybridized carbons (Fsp3) is 0.235. The Labute approximate surface area is 128 Å². The van der Waals surface area contributed by atoms with Crippen molar-refractivity contribution in [2.75, 3.05) is 6.54 Å². The summed E-state index contributed by atoms with van der Waals surface area (Å²) < 4.78 is 6.01. The third kappa shape index (κ3) is 3.06. The number of rotatable bonds is 5. The van der Waals surface area contributed by atoms with Crippen molar-refractivity contribution < 1.29 is 4.74 Å². The number of aromatic nitrogens is 1.